The van der Waals surface area contributed by atoms with Crippen LogP contribution in [0.4, 0.5) is 0 Å². The molecular weight excluding hydrogens is 332 g/mol. The van der Waals surface area contributed by atoms with Gasteiger partial charge in [-0.05, 0) is 23.3 Å². The molecule has 0 radical (unpaired) electrons. The first-order valence-electron chi connectivity index (χ1n) is 8.50. The first-order valence-corrected chi connectivity index (χ1v) is 8.50. The van der Waals surface area contributed by atoms with E-state index in [-0.39, 0.29) is 5.91 Å². The molecule has 3 amide bonds. The molecule has 2 aromatic rings. The van der Waals surface area contributed by atoms with E-state index in [1.165, 1.54) is 0 Å². The number of rotatable bonds is 9. The minimum absolute atomic E-state index is 0.320. The van der Waals surface area contributed by atoms with Gasteiger partial charge in [0.05, 0.1) is 0 Å². The number of hydrogen-bond donors (Lipinski definition) is 4. The van der Waals surface area contributed by atoms with Gasteiger partial charge in [-0.3, -0.25) is 14.4 Å². The molecule has 0 aliphatic carbocycles. The largest absolute Gasteiger partial charge is 0.353 e. The highest BCUT2D eigenvalue weighted by atomic mass is 16.2. The molecule has 5 N–H and O–H groups in total. The van der Waals surface area contributed by atoms with Crippen molar-refractivity contribution in [2.24, 2.45) is 5.73 Å². The van der Waals surface area contributed by atoms with E-state index < -0.39 is 18.0 Å². The monoisotopic (exact) mass is 356 g/mol. The Bertz CT molecular complexity index is 778. The van der Waals surface area contributed by atoms with Crippen molar-refractivity contribution in [3.8, 4) is 0 Å². The highest BCUT2D eigenvalue weighted by Gasteiger charge is 2.22. The number of hydrogen-bond acceptors (Lipinski definition) is 4. The normalized spacial score (nSPS) is 12.8. The lowest BCUT2D eigenvalue weighted by Gasteiger charge is -2.20. The number of nitrogens with one attached hydrogen (secondary N) is 3. The molecule has 0 aliphatic heterocycles. The summed E-state index contributed by atoms with van der Waals surface area (Å²) in [4.78, 5) is 35.2. The molecule has 2 aromatic carbocycles. The van der Waals surface area contributed by atoms with Crippen LogP contribution in [0.2, 0.25) is 0 Å². The van der Waals surface area contributed by atoms with Crippen LogP contribution < -0.4 is 21.7 Å². The molecule has 0 heterocycles. The molecule has 7 heteroatoms. The first-order chi connectivity index (χ1) is 12.5. The summed E-state index contributed by atoms with van der Waals surface area (Å²) in [5.41, 5.74) is 6.26. The first kappa shape index (κ1) is 19.4. The van der Waals surface area contributed by atoms with Crippen molar-refractivity contribution in [2.45, 2.75) is 25.4 Å². The van der Waals surface area contributed by atoms with E-state index in [1.54, 1.807) is 6.92 Å². The minimum Gasteiger partial charge on any atom is -0.353 e. The van der Waals surface area contributed by atoms with Gasteiger partial charge in [0.2, 0.25) is 18.2 Å². The Morgan fingerprint density at radius 1 is 1.12 bits per heavy atom. The van der Waals surface area contributed by atoms with Crippen LogP contribution in [0.1, 0.15) is 12.5 Å². The zero-order valence-corrected chi connectivity index (χ0v) is 14.7. The zero-order valence-electron chi connectivity index (χ0n) is 14.7. The fourth-order valence-corrected chi connectivity index (χ4v) is 2.64. The van der Waals surface area contributed by atoms with Gasteiger partial charge in [-0.25, -0.2) is 0 Å². The summed E-state index contributed by atoms with van der Waals surface area (Å²) in [6.07, 6.45) is 0.816. The van der Waals surface area contributed by atoms with Crippen LogP contribution in [0.15, 0.2) is 42.5 Å². The van der Waals surface area contributed by atoms with Crippen LogP contribution in [0.3, 0.4) is 0 Å². The van der Waals surface area contributed by atoms with E-state index in [2.05, 4.69) is 16.0 Å². The Balaban J connectivity index is 2.05. The van der Waals surface area contributed by atoms with Crippen molar-refractivity contribution >= 4 is 29.0 Å². The molecule has 0 unspecified atom stereocenters. The van der Waals surface area contributed by atoms with Crippen molar-refractivity contribution in [1.29, 1.82) is 0 Å². The predicted molar refractivity (Wildman–Crippen MR) is 100 cm³/mol. The van der Waals surface area contributed by atoms with Gasteiger partial charge in [0.1, 0.15) is 12.1 Å². The van der Waals surface area contributed by atoms with Gasteiger partial charge in [0.15, 0.2) is 0 Å². The molecule has 138 valence electrons. The van der Waals surface area contributed by atoms with Crippen molar-refractivity contribution in [1.82, 2.24) is 16.0 Å². The number of amides is 3. The summed E-state index contributed by atoms with van der Waals surface area (Å²) in [5, 5.41) is 9.91. The average Bonchev–Trinajstić information content (AvgIpc) is 2.65. The Labute approximate surface area is 152 Å². The Morgan fingerprint density at radius 3 is 2.54 bits per heavy atom. The van der Waals surface area contributed by atoms with Crippen LogP contribution in [-0.2, 0) is 20.8 Å². The second-order valence-electron chi connectivity index (χ2n) is 6.03. The molecule has 26 heavy (non-hydrogen) atoms. The van der Waals surface area contributed by atoms with Crippen LogP contribution in [-0.4, -0.2) is 43.4 Å². The topological polar surface area (TPSA) is 113 Å². The Kier molecular flexibility index (Phi) is 7.11. The lowest BCUT2D eigenvalue weighted by Crippen LogP contribution is -2.52. The molecule has 0 aromatic heterocycles. The summed E-state index contributed by atoms with van der Waals surface area (Å²) in [6.45, 7) is 2.24. The molecule has 2 atom stereocenters. The van der Waals surface area contributed by atoms with Gasteiger partial charge in [-0.15, -0.1) is 0 Å². The molecule has 0 saturated carbocycles. The molecular formula is C19H24N4O3. The fourth-order valence-electron chi connectivity index (χ4n) is 2.64. The summed E-state index contributed by atoms with van der Waals surface area (Å²) in [5.74, 6) is -0.736. The lowest BCUT2D eigenvalue weighted by atomic mass is 10.0. The number of carbonyl (C=O) groups is 3. The Hall–Kier alpha value is -2.93. The molecule has 0 fully saturated rings. The van der Waals surface area contributed by atoms with E-state index >= 15 is 0 Å². The van der Waals surface area contributed by atoms with Gasteiger partial charge in [-0.1, -0.05) is 42.5 Å². The third-order valence-corrected chi connectivity index (χ3v) is 4.04. The van der Waals surface area contributed by atoms with Crippen molar-refractivity contribution in [2.75, 3.05) is 13.1 Å². The van der Waals surface area contributed by atoms with Crippen LogP contribution in [0, 0.1) is 0 Å². The second kappa shape index (κ2) is 9.53. The van der Waals surface area contributed by atoms with E-state index in [0.29, 0.717) is 25.9 Å². The van der Waals surface area contributed by atoms with Gasteiger partial charge in [0, 0.05) is 19.5 Å². The third kappa shape index (κ3) is 5.29. The van der Waals surface area contributed by atoms with E-state index in [0.717, 1.165) is 16.3 Å². The summed E-state index contributed by atoms with van der Waals surface area (Å²) in [7, 11) is 0. The van der Waals surface area contributed by atoms with Gasteiger partial charge >= 0.3 is 0 Å². The maximum absolute atomic E-state index is 12.5. The maximum atomic E-state index is 12.5. The van der Waals surface area contributed by atoms with Gasteiger partial charge < -0.3 is 21.7 Å². The molecule has 0 spiro atoms. The highest BCUT2D eigenvalue weighted by molar-refractivity contribution is 5.90. The summed E-state index contributed by atoms with van der Waals surface area (Å²) in [6, 6.07) is 12.3. The zero-order chi connectivity index (χ0) is 18.9. The molecule has 0 bridgehead atoms. The smallest absolute Gasteiger partial charge is 0.243 e. The second-order valence-corrected chi connectivity index (χ2v) is 6.03. The molecule has 2 rings (SSSR count). The minimum atomic E-state index is -0.765. The van der Waals surface area contributed by atoms with Crippen LogP contribution in [0.5, 0.6) is 0 Å². The molecule has 0 aliphatic rings. The summed E-state index contributed by atoms with van der Waals surface area (Å²) >= 11 is 0. The average molecular weight is 356 g/mol. The molecule has 7 nitrogen and oxygen atoms in total. The fraction of sp³-hybridized carbons (Fsp3) is 0.316. The van der Waals surface area contributed by atoms with Gasteiger partial charge in [0.25, 0.3) is 0 Å². The van der Waals surface area contributed by atoms with Crippen molar-refractivity contribution in [3.63, 3.8) is 0 Å². The third-order valence-electron chi connectivity index (χ3n) is 4.04. The van der Waals surface area contributed by atoms with Crippen LogP contribution >= 0.6 is 0 Å². The van der Waals surface area contributed by atoms with Crippen LogP contribution in [0.25, 0.3) is 10.8 Å². The quantitative estimate of drug-likeness (QED) is 0.476. The summed E-state index contributed by atoms with van der Waals surface area (Å²) < 4.78 is 0. The lowest BCUT2D eigenvalue weighted by molar-refractivity contribution is -0.130. The number of nitrogens with two attached hydrogens (primary N) is 1. The standard InChI is InChI=1S/C19H24N4O3/c1-13(18(25)21-9-8-20)23-19(26)17(22-12-24)11-14-6-7-15-4-2-3-5-16(15)10-14/h2-7,10,12-13,17H,8-9,11,20H2,1H3,(H,21,25)(H,22,24)(H,23,26)/t13-,17-/m0/s1. The van der Waals surface area contributed by atoms with Crippen molar-refractivity contribution < 1.29 is 14.4 Å². The maximum Gasteiger partial charge on any atom is 0.243 e. The number of carbonyl (C=O) groups excluding carboxylic acids is 3. The number of fused-ring (bicyclic) bond motifs is 1. The molecule has 0 saturated heterocycles. The van der Waals surface area contributed by atoms with Gasteiger partial charge in [-0.2, -0.15) is 0 Å². The predicted octanol–water partition coefficient (Wildman–Crippen LogP) is 0.0765. The van der Waals surface area contributed by atoms with E-state index in [1.807, 2.05) is 42.5 Å². The SMILES string of the molecule is C[C@H](NC(=O)[C@H](Cc1ccc2ccccc2c1)NC=O)C(=O)NCCN. The Morgan fingerprint density at radius 2 is 1.85 bits per heavy atom. The van der Waals surface area contributed by atoms with E-state index in [9.17, 15) is 14.4 Å². The van der Waals surface area contributed by atoms with E-state index in [4.69, 9.17) is 5.73 Å². The highest BCUT2D eigenvalue weighted by Crippen LogP contribution is 2.16. The van der Waals surface area contributed by atoms with Crippen molar-refractivity contribution in [3.05, 3.63) is 48.0 Å². The number of benzene rings is 2.